The molecule has 174 valence electrons. The maximum atomic E-state index is 12.6. The van der Waals surface area contributed by atoms with Crippen molar-refractivity contribution >= 4 is 47.4 Å². The fourth-order valence-corrected chi connectivity index (χ4v) is 3.44. The summed E-state index contributed by atoms with van der Waals surface area (Å²) in [5, 5.41) is 10.4. The summed E-state index contributed by atoms with van der Waals surface area (Å²) in [5.41, 5.74) is 2.50. The molecule has 0 atom stereocenters. The second-order valence-corrected chi connectivity index (χ2v) is 7.55. The van der Waals surface area contributed by atoms with Crippen LogP contribution in [0.5, 0.6) is 0 Å². The predicted octanol–water partition coefficient (Wildman–Crippen LogP) is 1.99. The highest BCUT2D eigenvalue weighted by Crippen LogP contribution is 2.16. The summed E-state index contributed by atoms with van der Waals surface area (Å²) in [6.45, 7) is 4.86. The Balaban J connectivity index is 0.00000363. The first-order valence-corrected chi connectivity index (χ1v) is 10.6. The number of nitrogens with one attached hydrogen (secondary N) is 2. The number of benzene rings is 1. The zero-order valence-corrected chi connectivity index (χ0v) is 21.2. The molecule has 0 aliphatic carbocycles. The number of anilines is 1. The molecule has 1 aromatic heterocycles. The molecular weight excluding hydrogens is 521 g/mol. The van der Waals surface area contributed by atoms with Crippen LogP contribution in [0.3, 0.4) is 0 Å². The first kappa shape index (κ1) is 25.6. The van der Waals surface area contributed by atoms with E-state index in [4.69, 9.17) is 0 Å². The molecule has 32 heavy (non-hydrogen) atoms. The Kier molecular flexibility index (Phi) is 9.95. The third-order valence-electron chi connectivity index (χ3n) is 5.22. The van der Waals surface area contributed by atoms with Crippen LogP contribution in [-0.2, 0) is 18.4 Å². The standard InChI is InChI=1S/C22H31N7O2.HI/c1-4-5-10-24-21(31)18-8-6-17(7-9-18)13-25-22(23-2)28-11-12-29(20(30)16-28)19-14-26-27(3)15-19;/h6-9,14-15H,4-5,10-13,16H2,1-3H3,(H,23,25)(H,24,31);1H. The van der Waals surface area contributed by atoms with E-state index in [1.54, 1.807) is 22.8 Å². The van der Waals surface area contributed by atoms with E-state index in [-0.39, 0.29) is 42.3 Å². The Bertz CT molecular complexity index is 927. The van der Waals surface area contributed by atoms with Crippen LogP contribution in [0.1, 0.15) is 35.7 Å². The summed E-state index contributed by atoms with van der Waals surface area (Å²) in [4.78, 5) is 32.8. The van der Waals surface area contributed by atoms with Crippen LogP contribution in [0, 0.1) is 0 Å². The lowest BCUT2D eigenvalue weighted by molar-refractivity contribution is -0.120. The average Bonchev–Trinajstić information content (AvgIpc) is 3.20. The van der Waals surface area contributed by atoms with Gasteiger partial charge in [0.25, 0.3) is 5.91 Å². The van der Waals surface area contributed by atoms with Gasteiger partial charge in [0, 0.05) is 52.0 Å². The number of hydrogen-bond donors (Lipinski definition) is 2. The van der Waals surface area contributed by atoms with Crippen molar-refractivity contribution in [1.82, 2.24) is 25.3 Å². The molecule has 1 aromatic carbocycles. The topological polar surface area (TPSA) is 94.9 Å². The zero-order valence-electron chi connectivity index (χ0n) is 18.9. The number of unbranched alkanes of at least 4 members (excludes halogenated alkanes) is 1. The van der Waals surface area contributed by atoms with E-state index in [2.05, 4.69) is 27.6 Å². The summed E-state index contributed by atoms with van der Waals surface area (Å²) < 4.78 is 1.69. The van der Waals surface area contributed by atoms with E-state index in [0.29, 0.717) is 37.7 Å². The van der Waals surface area contributed by atoms with Crippen LogP contribution in [0.15, 0.2) is 41.7 Å². The molecule has 2 N–H and O–H groups in total. The highest BCUT2D eigenvalue weighted by molar-refractivity contribution is 14.0. The van der Waals surface area contributed by atoms with Gasteiger partial charge in [0.1, 0.15) is 6.54 Å². The van der Waals surface area contributed by atoms with Gasteiger partial charge in [0.2, 0.25) is 5.91 Å². The maximum Gasteiger partial charge on any atom is 0.251 e. The molecule has 3 rings (SSSR count). The van der Waals surface area contributed by atoms with Gasteiger partial charge in [0.05, 0.1) is 11.9 Å². The van der Waals surface area contributed by atoms with Crippen molar-refractivity contribution in [2.45, 2.75) is 26.3 Å². The Morgan fingerprint density at radius 2 is 1.94 bits per heavy atom. The van der Waals surface area contributed by atoms with Gasteiger partial charge in [-0.25, -0.2) is 0 Å². The highest BCUT2D eigenvalue weighted by atomic mass is 127. The number of aliphatic imine (C=N–C) groups is 1. The van der Waals surface area contributed by atoms with Crippen molar-refractivity contribution in [2.24, 2.45) is 12.0 Å². The van der Waals surface area contributed by atoms with Gasteiger partial charge in [-0.15, -0.1) is 24.0 Å². The maximum absolute atomic E-state index is 12.6. The van der Waals surface area contributed by atoms with Gasteiger partial charge in [0.15, 0.2) is 5.96 Å². The predicted molar refractivity (Wildman–Crippen MR) is 136 cm³/mol. The number of aromatic nitrogens is 2. The van der Waals surface area contributed by atoms with Crippen LogP contribution in [0.2, 0.25) is 0 Å². The summed E-state index contributed by atoms with van der Waals surface area (Å²) >= 11 is 0. The second-order valence-electron chi connectivity index (χ2n) is 7.55. The number of nitrogens with zero attached hydrogens (tertiary/aromatic N) is 5. The minimum atomic E-state index is -0.0474. The minimum Gasteiger partial charge on any atom is -0.352 e. The summed E-state index contributed by atoms with van der Waals surface area (Å²) in [5.74, 6) is 0.648. The summed E-state index contributed by atoms with van der Waals surface area (Å²) in [6, 6.07) is 7.52. The largest absolute Gasteiger partial charge is 0.352 e. The Hall–Kier alpha value is -2.63. The number of hydrogen-bond acceptors (Lipinski definition) is 4. The van der Waals surface area contributed by atoms with Gasteiger partial charge in [-0.3, -0.25) is 19.3 Å². The molecular formula is C22H32IN7O2. The fourth-order valence-electron chi connectivity index (χ4n) is 3.44. The molecule has 10 heteroatoms. The number of halogens is 1. The van der Waals surface area contributed by atoms with Crippen molar-refractivity contribution < 1.29 is 9.59 Å². The Morgan fingerprint density at radius 1 is 1.19 bits per heavy atom. The average molecular weight is 553 g/mol. The molecule has 1 aliphatic heterocycles. The first-order valence-electron chi connectivity index (χ1n) is 10.6. The van der Waals surface area contributed by atoms with Gasteiger partial charge >= 0.3 is 0 Å². The number of amides is 2. The number of carbonyl (C=O) groups is 2. The SMILES string of the molecule is CCCCNC(=O)c1ccc(CNC(=NC)N2CCN(c3cnn(C)c3)C(=O)C2)cc1.I. The molecule has 0 radical (unpaired) electrons. The van der Waals surface area contributed by atoms with Crippen LogP contribution in [0.25, 0.3) is 0 Å². The van der Waals surface area contributed by atoms with E-state index in [1.165, 1.54) is 0 Å². The number of guanidine groups is 1. The molecule has 1 aliphatic rings. The third kappa shape index (κ3) is 6.68. The Labute approximate surface area is 206 Å². The van der Waals surface area contributed by atoms with Gasteiger partial charge in [-0.1, -0.05) is 25.5 Å². The molecule has 0 spiro atoms. The molecule has 1 fully saturated rings. The number of piperazine rings is 1. The van der Waals surface area contributed by atoms with Crippen molar-refractivity contribution in [2.75, 3.05) is 38.1 Å². The fraction of sp³-hybridized carbons (Fsp3) is 0.455. The monoisotopic (exact) mass is 553 g/mol. The number of carbonyl (C=O) groups excluding carboxylic acids is 2. The highest BCUT2D eigenvalue weighted by Gasteiger charge is 2.27. The lowest BCUT2D eigenvalue weighted by Crippen LogP contribution is -2.55. The molecule has 1 saturated heterocycles. The van der Waals surface area contributed by atoms with E-state index in [9.17, 15) is 9.59 Å². The molecule has 9 nitrogen and oxygen atoms in total. The lowest BCUT2D eigenvalue weighted by Gasteiger charge is -2.35. The van der Waals surface area contributed by atoms with Crippen molar-refractivity contribution in [3.05, 3.63) is 47.8 Å². The van der Waals surface area contributed by atoms with E-state index >= 15 is 0 Å². The van der Waals surface area contributed by atoms with E-state index < -0.39 is 0 Å². The van der Waals surface area contributed by atoms with Crippen molar-refractivity contribution in [3.63, 3.8) is 0 Å². The van der Waals surface area contributed by atoms with Gasteiger partial charge in [-0.05, 0) is 24.1 Å². The van der Waals surface area contributed by atoms with E-state index in [0.717, 1.165) is 24.1 Å². The Morgan fingerprint density at radius 3 is 2.53 bits per heavy atom. The molecule has 2 amide bonds. The second kappa shape index (κ2) is 12.4. The third-order valence-corrected chi connectivity index (χ3v) is 5.22. The smallest absolute Gasteiger partial charge is 0.251 e. The molecule has 0 bridgehead atoms. The van der Waals surface area contributed by atoms with Crippen molar-refractivity contribution in [3.8, 4) is 0 Å². The lowest BCUT2D eigenvalue weighted by atomic mass is 10.1. The zero-order chi connectivity index (χ0) is 22.2. The molecule has 2 heterocycles. The number of aryl methyl sites for hydroxylation is 1. The quantitative estimate of drug-likeness (QED) is 0.237. The molecule has 0 unspecified atom stereocenters. The van der Waals surface area contributed by atoms with Gasteiger partial charge < -0.3 is 20.4 Å². The molecule has 2 aromatic rings. The van der Waals surface area contributed by atoms with Gasteiger partial charge in [-0.2, -0.15) is 5.10 Å². The summed E-state index contributed by atoms with van der Waals surface area (Å²) in [7, 11) is 3.55. The van der Waals surface area contributed by atoms with Crippen LogP contribution in [0.4, 0.5) is 5.69 Å². The molecule has 0 saturated carbocycles. The van der Waals surface area contributed by atoms with Crippen LogP contribution in [-0.4, -0.2) is 65.7 Å². The summed E-state index contributed by atoms with van der Waals surface area (Å²) in [6.07, 6.45) is 5.57. The van der Waals surface area contributed by atoms with Crippen molar-refractivity contribution in [1.29, 1.82) is 0 Å². The minimum absolute atomic E-state index is 0. The van der Waals surface area contributed by atoms with E-state index in [1.807, 2.05) is 42.4 Å². The normalized spacial score (nSPS) is 14.2. The van der Waals surface area contributed by atoms with Crippen LogP contribution < -0.4 is 15.5 Å². The number of rotatable bonds is 7. The van der Waals surface area contributed by atoms with Crippen LogP contribution >= 0.6 is 24.0 Å². The first-order chi connectivity index (χ1) is 15.0.